The fourth-order valence-corrected chi connectivity index (χ4v) is 5.33. The number of nitrogens with one attached hydrogen (secondary N) is 3. The molecule has 2 aromatic rings. The zero-order valence-electron chi connectivity index (χ0n) is 24.5. The lowest BCUT2D eigenvalue weighted by atomic mass is 9.84. The van der Waals surface area contributed by atoms with Crippen LogP contribution in [0.15, 0.2) is 53.0 Å². The number of alkyl carbamates (subject to hydrolysis) is 1. The monoisotopic (exact) mass is 635 g/mol. The van der Waals surface area contributed by atoms with Crippen molar-refractivity contribution in [3.8, 4) is 0 Å². The van der Waals surface area contributed by atoms with Crippen molar-refractivity contribution in [1.29, 1.82) is 0 Å². The zero-order valence-corrected chi connectivity index (χ0v) is 26.9. The summed E-state index contributed by atoms with van der Waals surface area (Å²) >= 11 is 9.30. The molecular formula is C32H47BrClN3O3. The van der Waals surface area contributed by atoms with Crippen molar-refractivity contribution >= 4 is 45.2 Å². The molecule has 1 fully saturated rings. The van der Waals surface area contributed by atoms with Crippen molar-refractivity contribution < 1.29 is 14.3 Å². The van der Waals surface area contributed by atoms with E-state index in [-0.39, 0.29) is 12.0 Å². The highest BCUT2D eigenvalue weighted by Crippen LogP contribution is 2.28. The number of hydrogen-bond acceptors (Lipinski definition) is 4. The molecule has 8 heteroatoms. The molecule has 0 bridgehead atoms. The van der Waals surface area contributed by atoms with Gasteiger partial charge in [0.05, 0.1) is 0 Å². The first kappa shape index (κ1) is 34.0. The van der Waals surface area contributed by atoms with Gasteiger partial charge in [0.2, 0.25) is 0 Å². The van der Waals surface area contributed by atoms with Crippen LogP contribution >= 0.6 is 27.5 Å². The SMILES string of the molecule is CC(C)(C)OC(=O)NCCCNc1cccc(Cl)c1.CCC[C@H](CC1CCCCC1)NC(=O)c1cccc(Br)c1. The van der Waals surface area contributed by atoms with E-state index in [0.717, 1.165) is 53.9 Å². The lowest BCUT2D eigenvalue weighted by Gasteiger charge is -2.27. The maximum Gasteiger partial charge on any atom is 0.407 e. The molecule has 2 aromatic carbocycles. The van der Waals surface area contributed by atoms with Crippen LogP contribution in [0, 0.1) is 5.92 Å². The Balaban J connectivity index is 0.000000282. The number of ether oxygens (including phenoxy) is 1. The van der Waals surface area contributed by atoms with Gasteiger partial charge in [-0.2, -0.15) is 0 Å². The predicted octanol–water partition coefficient (Wildman–Crippen LogP) is 8.98. The van der Waals surface area contributed by atoms with Crippen LogP contribution < -0.4 is 16.0 Å². The number of halogens is 2. The van der Waals surface area contributed by atoms with Crippen molar-refractivity contribution in [2.75, 3.05) is 18.4 Å². The van der Waals surface area contributed by atoms with Crippen molar-refractivity contribution in [2.24, 2.45) is 5.92 Å². The van der Waals surface area contributed by atoms with Gasteiger partial charge in [0, 0.05) is 39.9 Å². The van der Waals surface area contributed by atoms with E-state index < -0.39 is 5.60 Å². The smallest absolute Gasteiger partial charge is 0.407 e. The molecule has 1 aliphatic carbocycles. The summed E-state index contributed by atoms with van der Waals surface area (Å²) < 4.78 is 6.08. The molecule has 0 unspecified atom stereocenters. The molecule has 0 heterocycles. The average Bonchev–Trinajstić information content (AvgIpc) is 2.89. The Kier molecular flexibility index (Phi) is 15.5. The van der Waals surface area contributed by atoms with Crippen LogP contribution in [0.3, 0.4) is 0 Å². The molecule has 0 aliphatic heterocycles. The number of carbonyl (C=O) groups excluding carboxylic acids is 2. The van der Waals surface area contributed by atoms with Gasteiger partial charge in [-0.1, -0.05) is 85.1 Å². The molecular weight excluding hydrogens is 590 g/mol. The first-order valence-electron chi connectivity index (χ1n) is 14.6. The summed E-state index contributed by atoms with van der Waals surface area (Å²) in [5, 5.41) is 9.89. The minimum Gasteiger partial charge on any atom is -0.444 e. The summed E-state index contributed by atoms with van der Waals surface area (Å²) in [6, 6.07) is 15.5. The molecule has 0 spiro atoms. The summed E-state index contributed by atoms with van der Waals surface area (Å²) in [6.45, 7) is 9.05. The van der Waals surface area contributed by atoms with Crippen molar-refractivity contribution in [1.82, 2.24) is 10.6 Å². The second-order valence-corrected chi connectivity index (χ2v) is 12.8. The Bertz CT molecular complexity index is 1040. The largest absolute Gasteiger partial charge is 0.444 e. The van der Waals surface area contributed by atoms with Gasteiger partial charge in [-0.15, -0.1) is 0 Å². The molecule has 0 aromatic heterocycles. The van der Waals surface area contributed by atoms with Gasteiger partial charge < -0.3 is 20.7 Å². The van der Waals surface area contributed by atoms with E-state index in [1.807, 2.05) is 69.3 Å². The van der Waals surface area contributed by atoms with Gasteiger partial charge in [0.25, 0.3) is 5.91 Å². The minimum atomic E-state index is -0.455. The molecule has 1 aliphatic rings. The minimum absolute atomic E-state index is 0.0607. The third kappa shape index (κ3) is 14.9. The molecule has 1 saturated carbocycles. The summed E-state index contributed by atoms with van der Waals surface area (Å²) in [4.78, 5) is 23.8. The predicted molar refractivity (Wildman–Crippen MR) is 170 cm³/mol. The van der Waals surface area contributed by atoms with E-state index in [9.17, 15) is 9.59 Å². The maximum absolute atomic E-state index is 12.4. The van der Waals surface area contributed by atoms with Gasteiger partial charge in [-0.05, 0) is 82.3 Å². The maximum atomic E-state index is 12.4. The Morgan fingerprint density at radius 3 is 2.42 bits per heavy atom. The van der Waals surface area contributed by atoms with E-state index in [0.29, 0.717) is 17.6 Å². The van der Waals surface area contributed by atoms with E-state index in [1.165, 1.54) is 32.1 Å². The van der Waals surface area contributed by atoms with Crippen molar-refractivity contribution in [3.05, 3.63) is 63.6 Å². The highest BCUT2D eigenvalue weighted by Gasteiger charge is 2.20. The van der Waals surface area contributed by atoms with Gasteiger partial charge in [0.15, 0.2) is 0 Å². The number of anilines is 1. The lowest BCUT2D eigenvalue weighted by molar-refractivity contribution is 0.0527. The number of amides is 2. The Morgan fingerprint density at radius 2 is 1.77 bits per heavy atom. The summed E-state index contributed by atoms with van der Waals surface area (Å²) in [5.74, 6) is 0.865. The Morgan fingerprint density at radius 1 is 1.05 bits per heavy atom. The van der Waals surface area contributed by atoms with E-state index in [2.05, 4.69) is 38.8 Å². The first-order chi connectivity index (χ1) is 19.1. The number of benzene rings is 2. The molecule has 3 rings (SSSR count). The van der Waals surface area contributed by atoms with E-state index >= 15 is 0 Å². The third-order valence-corrected chi connectivity index (χ3v) is 7.31. The van der Waals surface area contributed by atoms with E-state index in [1.54, 1.807) is 0 Å². The summed E-state index contributed by atoms with van der Waals surface area (Å²) in [7, 11) is 0. The van der Waals surface area contributed by atoms with Crippen LogP contribution in [-0.4, -0.2) is 36.7 Å². The zero-order chi connectivity index (χ0) is 29.4. The van der Waals surface area contributed by atoms with Gasteiger partial charge in [-0.25, -0.2) is 4.79 Å². The normalized spacial score (nSPS) is 14.3. The molecule has 40 heavy (non-hydrogen) atoms. The first-order valence-corrected chi connectivity index (χ1v) is 15.8. The fourth-order valence-electron chi connectivity index (χ4n) is 4.75. The van der Waals surface area contributed by atoms with Crippen LogP contribution in [0.1, 0.15) is 95.8 Å². The average molecular weight is 637 g/mol. The van der Waals surface area contributed by atoms with Gasteiger partial charge in [0.1, 0.15) is 5.60 Å². The molecule has 1 atom stereocenters. The molecule has 0 radical (unpaired) electrons. The molecule has 2 amide bonds. The van der Waals surface area contributed by atoms with Crippen LogP contribution in [0.5, 0.6) is 0 Å². The highest BCUT2D eigenvalue weighted by atomic mass is 79.9. The molecule has 0 saturated heterocycles. The van der Waals surface area contributed by atoms with Crippen molar-refractivity contribution in [3.63, 3.8) is 0 Å². The standard InChI is InChI=1S/C18H26BrNO.C14H21ClN2O2/c1-2-7-17(12-14-8-4-3-5-9-14)20-18(21)15-10-6-11-16(19)13-15;1-14(2,3)19-13(18)17-9-5-8-16-12-7-4-6-11(15)10-12/h6,10-11,13-14,17H,2-5,7-9,12H2,1H3,(H,20,21);4,6-7,10,16H,5,8-9H2,1-3H3,(H,17,18)/t17-;/m1./s1. The number of hydrogen-bond donors (Lipinski definition) is 3. The van der Waals surface area contributed by atoms with Crippen molar-refractivity contribution in [2.45, 2.75) is 97.1 Å². The topological polar surface area (TPSA) is 79.5 Å². The Hall–Kier alpha value is -2.25. The van der Waals surface area contributed by atoms with E-state index in [4.69, 9.17) is 16.3 Å². The third-order valence-electron chi connectivity index (χ3n) is 6.58. The summed E-state index contributed by atoms with van der Waals surface area (Å²) in [6.07, 6.45) is 10.6. The lowest BCUT2D eigenvalue weighted by Crippen LogP contribution is -2.36. The van der Waals surface area contributed by atoms with Crippen LogP contribution in [0.2, 0.25) is 5.02 Å². The second-order valence-electron chi connectivity index (χ2n) is 11.4. The second kappa shape index (κ2) is 18.2. The Labute approximate surface area is 254 Å². The van der Waals surface area contributed by atoms with Crippen LogP contribution in [0.25, 0.3) is 0 Å². The summed E-state index contributed by atoms with van der Waals surface area (Å²) in [5.41, 5.74) is 1.27. The van der Waals surface area contributed by atoms with Crippen LogP contribution in [-0.2, 0) is 4.74 Å². The fraction of sp³-hybridized carbons (Fsp3) is 0.562. The van der Waals surface area contributed by atoms with Gasteiger partial charge >= 0.3 is 6.09 Å². The number of carbonyl (C=O) groups is 2. The number of rotatable bonds is 11. The molecule has 222 valence electrons. The molecule has 6 nitrogen and oxygen atoms in total. The van der Waals surface area contributed by atoms with Gasteiger partial charge in [-0.3, -0.25) is 4.79 Å². The van der Waals surface area contributed by atoms with Crippen LogP contribution in [0.4, 0.5) is 10.5 Å². The quantitative estimate of drug-likeness (QED) is 0.215. The highest BCUT2D eigenvalue weighted by molar-refractivity contribution is 9.10. The molecule has 3 N–H and O–H groups in total.